The second kappa shape index (κ2) is 28.2. The Hall–Kier alpha value is -1.05. The highest BCUT2D eigenvalue weighted by molar-refractivity contribution is 5.66. The Balaban J connectivity index is -0.000000252. The fourth-order valence-corrected chi connectivity index (χ4v) is 1.59. The van der Waals surface area contributed by atoms with E-state index in [0.29, 0.717) is 6.42 Å². The number of aliphatic carboxylic acids is 1. The summed E-state index contributed by atoms with van der Waals surface area (Å²) in [5.41, 5.74) is 0. The summed E-state index contributed by atoms with van der Waals surface area (Å²) in [4.78, 5) is 9.96. The molecule has 0 fully saturated rings. The first-order valence-electron chi connectivity index (χ1n) is 9.04. The molecule has 0 saturated carbocycles. The van der Waals surface area contributed by atoms with E-state index in [-0.39, 0.29) is 0 Å². The van der Waals surface area contributed by atoms with E-state index in [2.05, 4.69) is 33.9 Å². The van der Waals surface area contributed by atoms with Gasteiger partial charge in [-0.1, -0.05) is 77.9 Å². The fraction of sp³-hybridized carbons (Fsp3) is 0.750. The third kappa shape index (κ3) is 42.8. The number of allylic oxidation sites excluding steroid dienone is 2. The molecule has 22 heavy (non-hydrogen) atoms. The molecule has 132 valence electrons. The van der Waals surface area contributed by atoms with Crippen LogP contribution in [0.3, 0.4) is 0 Å². The van der Waals surface area contributed by atoms with E-state index in [4.69, 9.17) is 5.11 Å². The van der Waals surface area contributed by atoms with E-state index in [1.54, 1.807) is 0 Å². The summed E-state index contributed by atoms with van der Waals surface area (Å²) in [6.07, 6.45) is 17.4. The van der Waals surface area contributed by atoms with Gasteiger partial charge in [-0.25, -0.2) is 0 Å². The molecule has 0 heterocycles. The molecule has 0 bridgehead atoms. The van der Waals surface area contributed by atoms with Crippen LogP contribution >= 0.6 is 0 Å². The Morgan fingerprint density at radius 2 is 1.23 bits per heavy atom. The van der Waals surface area contributed by atoms with E-state index in [0.717, 1.165) is 19.3 Å². The molecule has 0 unspecified atom stereocenters. The molecule has 0 rings (SSSR count). The molecule has 0 aromatic rings. The standard InChI is InChI=1S/C7H14O2.C7H14.C6H12/c1-2-3-4-5-6-7(8)9;1-3-5-7-6-4-2;1-3-5-6-4-2/h2-6H2,1H3,(H,8,9);3H,1,4-7H2,2H3;3H,1,4-6H2,2H3. The fourth-order valence-electron chi connectivity index (χ4n) is 1.59. The maximum atomic E-state index is 9.96. The van der Waals surface area contributed by atoms with Crippen LogP contribution in [0.2, 0.25) is 0 Å². The molecule has 0 atom stereocenters. The van der Waals surface area contributed by atoms with Crippen LogP contribution in [0.5, 0.6) is 0 Å². The smallest absolute Gasteiger partial charge is 0.303 e. The van der Waals surface area contributed by atoms with Crippen molar-refractivity contribution < 1.29 is 9.90 Å². The highest BCUT2D eigenvalue weighted by atomic mass is 16.4. The number of carboxylic acids is 1. The quantitative estimate of drug-likeness (QED) is 0.306. The van der Waals surface area contributed by atoms with Crippen molar-refractivity contribution in [2.75, 3.05) is 0 Å². The molecule has 0 aliphatic carbocycles. The monoisotopic (exact) mass is 312 g/mol. The lowest BCUT2D eigenvalue weighted by Crippen LogP contribution is -1.92. The number of carbonyl (C=O) groups is 1. The van der Waals surface area contributed by atoms with Crippen molar-refractivity contribution in [2.24, 2.45) is 0 Å². The summed E-state index contributed by atoms with van der Waals surface area (Å²) < 4.78 is 0. The average Bonchev–Trinajstić information content (AvgIpc) is 2.51. The van der Waals surface area contributed by atoms with Gasteiger partial charge < -0.3 is 5.11 Å². The van der Waals surface area contributed by atoms with Crippen LogP contribution in [0, 0.1) is 0 Å². The van der Waals surface area contributed by atoms with Crippen molar-refractivity contribution in [2.45, 2.75) is 97.8 Å². The van der Waals surface area contributed by atoms with Gasteiger partial charge in [0.1, 0.15) is 0 Å². The predicted octanol–water partition coefficient (Wildman–Crippen LogP) is 7.16. The van der Waals surface area contributed by atoms with Crippen LogP contribution in [0.15, 0.2) is 25.3 Å². The van der Waals surface area contributed by atoms with Crippen molar-refractivity contribution in [3.63, 3.8) is 0 Å². The molecule has 0 aliphatic heterocycles. The Kier molecular flexibility index (Phi) is 33.1. The van der Waals surface area contributed by atoms with E-state index in [1.165, 1.54) is 51.4 Å². The predicted molar refractivity (Wildman–Crippen MR) is 100 cm³/mol. The zero-order valence-electron chi connectivity index (χ0n) is 15.4. The number of hydrogen-bond acceptors (Lipinski definition) is 1. The van der Waals surface area contributed by atoms with Crippen molar-refractivity contribution in [3.8, 4) is 0 Å². The molecule has 0 aromatic heterocycles. The highest BCUT2D eigenvalue weighted by Crippen LogP contribution is 2.01. The maximum Gasteiger partial charge on any atom is 0.303 e. The molecular formula is C20H40O2. The highest BCUT2D eigenvalue weighted by Gasteiger charge is 1.93. The third-order valence-electron chi connectivity index (χ3n) is 3.02. The number of rotatable bonds is 12. The zero-order valence-corrected chi connectivity index (χ0v) is 15.4. The first-order valence-corrected chi connectivity index (χ1v) is 9.04. The molecule has 0 spiro atoms. The lowest BCUT2D eigenvalue weighted by molar-refractivity contribution is -0.137. The number of carboxylic acid groups (broad SMARTS) is 1. The lowest BCUT2D eigenvalue weighted by Gasteiger charge is -1.92. The number of unbranched alkanes of at least 4 members (excludes halogenated alkanes) is 8. The summed E-state index contributed by atoms with van der Waals surface area (Å²) in [6.45, 7) is 13.7. The van der Waals surface area contributed by atoms with Gasteiger partial charge in [0.2, 0.25) is 0 Å². The Morgan fingerprint density at radius 3 is 1.59 bits per heavy atom. The SMILES string of the molecule is C=CCCCC.C=CCCCCC.CCCCCCC(=O)O. The first kappa shape index (κ1) is 25.9. The summed E-state index contributed by atoms with van der Waals surface area (Å²) in [5, 5.41) is 8.21. The van der Waals surface area contributed by atoms with Crippen molar-refractivity contribution in [1.82, 2.24) is 0 Å². The van der Waals surface area contributed by atoms with Gasteiger partial charge in [0.25, 0.3) is 0 Å². The largest absolute Gasteiger partial charge is 0.481 e. The van der Waals surface area contributed by atoms with Crippen LogP contribution in [0.25, 0.3) is 0 Å². The van der Waals surface area contributed by atoms with Gasteiger partial charge in [0.05, 0.1) is 0 Å². The van der Waals surface area contributed by atoms with Crippen LogP contribution in [-0.2, 0) is 4.79 Å². The first-order chi connectivity index (χ1) is 10.6. The van der Waals surface area contributed by atoms with Crippen molar-refractivity contribution in [1.29, 1.82) is 0 Å². The second-order valence-electron chi connectivity index (χ2n) is 5.42. The molecule has 0 radical (unpaired) electrons. The minimum atomic E-state index is -0.675. The van der Waals surface area contributed by atoms with Gasteiger partial charge in [-0.15, -0.1) is 13.2 Å². The van der Waals surface area contributed by atoms with E-state index < -0.39 is 5.97 Å². The van der Waals surface area contributed by atoms with Gasteiger partial charge in [-0.3, -0.25) is 4.79 Å². The number of hydrogen-bond donors (Lipinski definition) is 1. The molecule has 2 heteroatoms. The summed E-state index contributed by atoms with van der Waals surface area (Å²) in [6, 6.07) is 0. The van der Waals surface area contributed by atoms with Crippen molar-refractivity contribution in [3.05, 3.63) is 25.3 Å². The van der Waals surface area contributed by atoms with Gasteiger partial charge in [0, 0.05) is 6.42 Å². The molecular weight excluding hydrogens is 272 g/mol. The molecule has 2 nitrogen and oxygen atoms in total. The maximum absolute atomic E-state index is 9.96. The second-order valence-corrected chi connectivity index (χ2v) is 5.42. The van der Waals surface area contributed by atoms with Gasteiger partial charge in [0.15, 0.2) is 0 Å². The Morgan fingerprint density at radius 1 is 0.773 bits per heavy atom. The van der Waals surface area contributed by atoms with E-state index in [9.17, 15) is 4.79 Å². The van der Waals surface area contributed by atoms with Crippen LogP contribution in [0.4, 0.5) is 0 Å². The van der Waals surface area contributed by atoms with E-state index in [1.807, 2.05) is 12.2 Å². The lowest BCUT2D eigenvalue weighted by atomic mass is 10.2. The van der Waals surface area contributed by atoms with Crippen LogP contribution < -0.4 is 0 Å². The minimum absolute atomic E-state index is 0.333. The van der Waals surface area contributed by atoms with Crippen LogP contribution in [-0.4, -0.2) is 11.1 Å². The van der Waals surface area contributed by atoms with Crippen molar-refractivity contribution >= 4 is 5.97 Å². The molecule has 0 aliphatic rings. The molecule has 0 amide bonds. The summed E-state index contributed by atoms with van der Waals surface area (Å²) >= 11 is 0. The summed E-state index contributed by atoms with van der Waals surface area (Å²) in [5.74, 6) is -0.675. The van der Waals surface area contributed by atoms with Crippen LogP contribution in [0.1, 0.15) is 97.8 Å². The molecule has 0 aromatic carbocycles. The third-order valence-corrected chi connectivity index (χ3v) is 3.02. The van der Waals surface area contributed by atoms with Gasteiger partial charge in [-0.05, 0) is 25.7 Å². The minimum Gasteiger partial charge on any atom is -0.481 e. The Labute approximate surface area is 139 Å². The summed E-state index contributed by atoms with van der Waals surface area (Å²) in [7, 11) is 0. The molecule has 0 saturated heterocycles. The van der Waals surface area contributed by atoms with Gasteiger partial charge in [-0.2, -0.15) is 0 Å². The van der Waals surface area contributed by atoms with Gasteiger partial charge >= 0.3 is 5.97 Å². The normalized spacial score (nSPS) is 8.86. The van der Waals surface area contributed by atoms with E-state index >= 15 is 0 Å². The molecule has 1 N–H and O–H groups in total. The zero-order chi connectivity index (χ0) is 17.5. The Bertz CT molecular complexity index is 222. The average molecular weight is 313 g/mol. The topological polar surface area (TPSA) is 37.3 Å².